The van der Waals surface area contributed by atoms with E-state index in [4.69, 9.17) is 5.73 Å². The van der Waals surface area contributed by atoms with Gasteiger partial charge < -0.3 is 11.1 Å². The van der Waals surface area contributed by atoms with Crippen LogP contribution < -0.4 is 11.1 Å². The Morgan fingerprint density at radius 3 is 2.50 bits per heavy atom. The first kappa shape index (κ1) is 12.0. The number of nitrogens with zero attached hydrogens (tertiary/aromatic N) is 1. The fourth-order valence-electron chi connectivity index (χ4n) is 2.08. The van der Waals surface area contributed by atoms with Crippen molar-refractivity contribution in [2.45, 2.75) is 58.3 Å². The lowest BCUT2D eigenvalue weighted by molar-refractivity contribution is 0.244. The predicted molar refractivity (Wildman–Crippen MR) is 61.4 cm³/mol. The molecule has 0 aromatic rings. The number of rotatable bonds is 4. The maximum Gasteiger partial charge on any atom is 0.0361 e. The van der Waals surface area contributed by atoms with Gasteiger partial charge in [-0.3, -0.25) is 4.90 Å². The summed E-state index contributed by atoms with van der Waals surface area (Å²) in [6, 6.07) is 1.97. The summed E-state index contributed by atoms with van der Waals surface area (Å²) in [5.74, 6) is 0. The van der Waals surface area contributed by atoms with Crippen LogP contribution in [0.5, 0.6) is 0 Å². The largest absolute Gasteiger partial charge is 0.325 e. The third-order valence-electron chi connectivity index (χ3n) is 3.15. The first-order chi connectivity index (χ1) is 6.54. The Morgan fingerprint density at radius 2 is 2.00 bits per heavy atom. The van der Waals surface area contributed by atoms with Gasteiger partial charge >= 0.3 is 0 Å². The second-order valence-corrected chi connectivity index (χ2v) is 4.80. The van der Waals surface area contributed by atoms with E-state index in [-0.39, 0.29) is 0 Å². The zero-order valence-corrected chi connectivity index (χ0v) is 9.96. The summed E-state index contributed by atoms with van der Waals surface area (Å²) in [6.07, 6.45) is 1.21. The van der Waals surface area contributed by atoms with Crippen molar-refractivity contribution in [3.05, 3.63) is 0 Å². The molecule has 1 aliphatic rings. The van der Waals surface area contributed by atoms with Crippen molar-refractivity contribution in [1.29, 1.82) is 0 Å². The topological polar surface area (TPSA) is 41.3 Å². The minimum atomic E-state index is 0.298. The predicted octanol–water partition coefficient (Wildman–Crippen LogP) is 0.794. The van der Waals surface area contributed by atoms with Gasteiger partial charge in [0.15, 0.2) is 0 Å². The number of likely N-dealkylation sites (tertiary alicyclic amines) is 1. The molecule has 3 heteroatoms. The van der Waals surface area contributed by atoms with Gasteiger partial charge in [0.2, 0.25) is 0 Å². The smallest absolute Gasteiger partial charge is 0.0361 e. The van der Waals surface area contributed by atoms with Crippen molar-refractivity contribution in [3.8, 4) is 0 Å². The van der Waals surface area contributed by atoms with Crippen LogP contribution in [0, 0.1) is 0 Å². The molecule has 0 aliphatic carbocycles. The van der Waals surface area contributed by atoms with Gasteiger partial charge in [-0.05, 0) is 13.3 Å². The van der Waals surface area contributed by atoms with Crippen molar-refractivity contribution < 1.29 is 0 Å². The molecule has 1 unspecified atom stereocenters. The molecular formula is C11H25N3. The van der Waals surface area contributed by atoms with Crippen molar-refractivity contribution in [3.63, 3.8) is 0 Å². The average Bonchev–Trinajstić information content (AvgIpc) is 2.46. The van der Waals surface area contributed by atoms with Gasteiger partial charge in [0.1, 0.15) is 0 Å². The summed E-state index contributed by atoms with van der Waals surface area (Å²) in [6.45, 7) is 11.0. The van der Waals surface area contributed by atoms with Crippen LogP contribution in [0.1, 0.15) is 34.1 Å². The molecule has 84 valence electrons. The lowest BCUT2D eigenvalue weighted by atomic mass is 10.1. The summed E-state index contributed by atoms with van der Waals surface area (Å²) in [4.78, 5) is 2.49. The van der Waals surface area contributed by atoms with E-state index < -0.39 is 0 Å². The highest BCUT2D eigenvalue weighted by Crippen LogP contribution is 2.14. The first-order valence-corrected chi connectivity index (χ1v) is 5.80. The number of hydrogen-bond acceptors (Lipinski definition) is 3. The molecule has 1 heterocycles. The Kier molecular flexibility index (Phi) is 4.35. The molecule has 0 aromatic carbocycles. The Bertz CT molecular complexity index is 170. The monoisotopic (exact) mass is 199 g/mol. The molecule has 1 saturated heterocycles. The maximum atomic E-state index is 6.11. The van der Waals surface area contributed by atoms with E-state index in [1.54, 1.807) is 0 Å². The van der Waals surface area contributed by atoms with E-state index >= 15 is 0 Å². The molecule has 1 rings (SSSR count). The van der Waals surface area contributed by atoms with Crippen LogP contribution in [0.25, 0.3) is 0 Å². The fourth-order valence-corrected chi connectivity index (χ4v) is 2.08. The highest BCUT2D eigenvalue weighted by molar-refractivity contribution is 4.94. The van der Waals surface area contributed by atoms with Crippen LogP contribution in [-0.4, -0.2) is 42.2 Å². The third kappa shape index (κ3) is 2.94. The Morgan fingerprint density at radius 1 is 1.36 bits per heavy atom. The zero-order valence-electron chi connectivity index (χ0n) is 9.96. The second kappa shape index (κ2) is 5.10. The minimum Gasteiger partial charge on any atom is -0.325 e. The molecule has 0 bridgehead atoms. The molecule has 0 amide bonds. The van der Waals surface area contributed by atoms with E-state index in [0.29, 0.717) is 24.2 Å². The molecule has 1 aliphatic heterocycles. The molecular weight excluding hydrogens is 174 g/mol. The summed E-state index contributed by atoms with van der Waals surface area (Å²) in [5.41, 5.74) is 6.11. The van der Waals surface area contributed by atoms with Crippen molar-refractivity contribution in [2.75, 3.05) is 13.1 Å². The highest BCUT2D eigenvalue weighted by atomic mass is 15.2. The van der Waals surface area contributed by atoms with Crippen LogP contribution in [0.15, 0.2) is 0 Å². The Labute approximate surface area is 88.0 Å². The van der Waals surface area contributed by atoms with Crippen LogP contribution in [-0.2, 0) is 0 Å². The number of nitrogens with one attached hydrogen (secondary N) is 1. The quantitative estimate of drug-likeness (QED) is 0.703. The zero-order chi connectivity index (χ0) is 10.7. The SMILES string of the molecule is CCC(C)N1C[C@@H](N)[C@H](NC(C)C)C1. The lowest BCUT2D eigenvalue weighted by Crippen LogP contribution is -2.46. The molecule has 3 N–H and O–H groups in total. The van der Waals surface area contributed by atoms with E-state index in [1.807, 2.05) is 0 Å². The molecule has 14 heavy (non-hydrogen) atoms. The van der Waals surface area contributed by atoms with Gasteiger partial charge in [0.25, 0.3) is 0 Å². The maximum absolute atomic E-state index is 6.11. The van der Waals surface area contributed by atoms with Gasteiger partial charge in [0, 0.05) is 37.3 Å². The fraction of sp³-hybridized carbons (Fsp3) is 1.00. The molecule has 1 fully saturated rings. The van der Waals surface area contributed by atoms with Crippen LogP contribution in [0.4, 0.5) is 0 Å². The lowest BCUT2D eigenvalue weighted by Gasteiger charge is -2.23. The first-order valence-electron chi connectivity index (χ1n) is 5.80. The molecule has 3 nitrogen and oxygen atoms in total. The van der Waals surface area contributed by atoms with Gasteiger partial charge in [-0.25, -0.2) is 0 Å². The molecule has 0 saturated carbocycles. The highest BCUT2D eigenvalue weighted by Gasteiger charge is 2.31. The minimum absolute atomic E-state index is 0.298. The third-order valence-corrected chi connectivity index (χ3v) is 3.15. The normalized spacial score (nSPS) is 31.3. The van der Waals surface area contributed by atoms with Gasteiger partial charge in [0.05, 0.1) is 0 Å². The van der Waals surface area contributed by atoms with Crippen molar-refractivity contribution >= 4 is 0 Å². The number of hydrogen-bond donors (Lipinski definition) is 2. The van der Waals surface area contributed by atoms with Crippen LogP contribution >= 0.6 is 0 Å². The van der Waals surface area contributed by atoms with Gasteiger partial charge in [-0.15, -0.1) is 0 Å². The average molecular weight is 199 g/mol. The molecule has 0 radical (unpaired) electrons. The van der Waals surface area contributed by atoms with Crippen LogP contribution in [0.3, 0.4) is 0 Å². The van der Waals surface area contributed by atoms with Crippen LogP contribution in [0.2, 0.25) is 0 Å². The van der Waals surface area contributed by atoms with E-state index in [9.17, 15) is 0 Å². The van der Waals surface area contributed by atoms with Crippen molar-refractivity contribution in [1.82, 2.24) is 10.2 Å². The van der Waals surface area contributed by atoms with E-state index in [1.165, 1.54) is 6.42 Å². The summed E-state index contributed by atoms with van der Waals surface area (Å²) in [7, 11) is 0. The van der Waals surface area contributed by atoms with E-state index in [2.05, 4.69) is 37.9 Å². The standard InChI is InChI=1S/C11H25N3/c1-5-9(4)14-6-10(12)11(7-14)13-8(2)3/h8-11,13H,5-7,12H2,1-4H3/t9?,10-,11-/m1/s1. The summed E-state index contributed by atoms with van der Waals surface area (Å²) < 4.78 is 0. The molecule has 0 aromatic heterocycles. The number of nitrogens with two attached hydrogens (primary N) is 1. The van der Waals surface area contributed by atoms with Gasteiger partial charge in [-0.2, -0.15) is 0 Å². The van der Waals surface area contributed by atoms with Gasteiger partial charge in [-0.1, -0.05) is 20.8 Å². The summed E-state index contributed by atoms with van der Waals surface area (Å²) in [5, 5.41) is 3.53. The molecule has 3 atom stereocenters. The summed E-state index contributed by atoms with van der Waals surface area (Å²) >= 11 is 0. The second-order valence-electron chi connectivity index (χ2n) is 4.80. The van der Waals surface area contributed by atoms with E-state index in [0.717, 1.165) is 13.1 Å². The Balaban J connectivity index is 2.43. The van der Waals surface area contributed by atoms with Crippen molar-refractivity contribution in [2.24, 2.45) is 5.73 Å². The molecule has 0 spiro atoms. The Hall–Kier alpha value is -0.120.